The molecule has 0 spiro atoms. The van der Waals surface area contributed by atoms with Gasteiger partial charge in [0.05, 0.1) is 21.7 Å². The van der Waals surface area contributed by atoms with Crippen molar-refractivity contribution in [3.8, 4) is 0 Å². The first-order chi connectivity index (χ1) is 11.8. The summed E-state index contributed by atoms with van der Waals surface area (Å²) in [5.74, 6) is -0.471. The second-order valence-corrected chi connectivity index (χ2v) is 9.35. The number of hydrogen-bond donors (Lipinski definition) is 1. The average Bonchev–Trinajstić information content (AvgIpc) is 3.08. The zero-order valence-corrected chi connectivity index (χ0v) is 15.4. The lowest BCUT2D eigenvalue weighted by molar-refractivity contribution is 0.102. The Morgan fingerprint density at radius 1 is 1.36 bits per heavy atom. The van der Waals surface area contributed by atoms with Gasteiger partial charge in [-0.3, -0.25) is 14.8 Å². The smallest absolute Gasteiger partial charge is 0.278 e. The molecule has 4 rings (SSSR count). The van der Waals surface area contributed by atoms with Crippen molar-refractivity contribution in [2.75, 3.05) is 11.1 Å². The number of amides is 1. The number of benzene rings is 1. The van der Waals surface area contributed by atoms with Gasteiger partial charge in [0.25, 0.3) is 5.91 Å². The van der Waals surface area contributed by atoms with Crippen molar-refractivity contribution in [3.05, 3.63) is 40.7 Å². The zero-order chi connectivity index (χ0) is 17.8. The monoisotopic (exact) mass is 376 g/mol. The maximum atomic E-state index is 12.7. The molecule has 1 N–H and O–H groups in total. The van der Waals surface area contributed by atoms with E-state index in [1.807, 2.05) is 25.1 Å². The summed E-state index contributed by atoms with van der Waals surface area (Å²) in [6.07, 6.45) is 0.384. The Morgan fingerprint density at radius 3 is 2.92 bits per heavy atom. The molecule has 0 aliphatic carbocycles. The van der Waals surface area contributed by atoms with E-state index in [0.717, 1.165) is 21.5 Å². The zero-order valence-electron chi connectivity index (χ0n) is 13.7. The summed E-state index contributed by atoms with van der Waals surface area (Å²) in [6.45, 7) is 1.97. The van der Waals surface area contributed by atoms with Gasteiger partial charge >= 0.3 is 0 Å². The summed E-state index contributed by atoms with van der Waals surface area (Å²) in [4.78, 5) is 17.1. The van der Waals surface area contributed by atoms with Crippen LogP contribution in [0, 0.1) is 6.92 Å². The topological polar surface area (TPSA) is 94.0 Å². The number of para-hydroxylation sites is 1. The Labute approximate surface area is 148 Å². The predicted molar refractivity (Wildman–Crippen MR) is 96.7 cm³/mol. The minimum Gasteiger partial charge on any atom is -0.296 e. The van der Waals surface area contributed by atoms with Gasteiger partial charge in [0, 0.05) is 24.7 Å². The molecule has 0 fully saturated rings. The van der Waals surface area contributed by atoms with Crippen LogP contribution in [0.5, 0.6) is 0 Å². The van der Waals surface area contributed by atoms with E-state index in [9.17, 15) is 13.2 Å². The lowest BCUT2D eigenvalue weighted by atomic mass is 10.1. The lowest BCUT2D eigenvalue weighted by Crippen LogP contribution is -2.22. The Kier molecular flexibility index (Phi) is 3.66. The van der Waals surface area contributed by atoms with E-state index in [-0.39, 0.29) is 17.2 Å². The fraction of sp³-hybridized carbons (Fsp3) is 0.312. The van der Waals surface area contributed by atoms with Gasteiger partial charge in [-0.05, 0) is 18.6 Å². The summed E-state index contributed by atoms with van der Waals surface area (Å²) in [5.41, 5.74) is 3.37. The van der Waals surface area contributed by atoms with E-state index >= 15 is 0 Å². The number of thiazole rings is 1. The number of aryl methyl sites for hydroxylation is 2. The number of anilines is 1. The van der Waals surface area contributed by atoms with Crippen LogP contribution in [0.1, 0.15) is 27.3 Å². The molecule has 3 aromatic rings. The van der Waals surface area contributed by atoms with Gasteiger partial charge in [0.2, 0.25) is 0 Å². The van der Waals surface area contributed by atoms with Crippen LogP contribution in [0.4, 0.5) is 5.13 Å². The second-order valence-electron chi connectivity index (χ2n) is 6.13. The van der Waals surface area contributed by atoms with Crippen molar-refractivity contribution in [2.24, 2.45) is 7.05 Å². The van der Waals surface area contributed by atoms with Crippen LogP contribution in [0.25, 0.3) is 10.2 Å². The Hall–Kier alpha value is -2.26. The molecule has 1 aliphatic rings. The molecule has 1 aliphatic heterocycles. The molecular weight excluding hydrogens is 360 g/mol. The molecular formula is C16H16N4O3S2. The number of carbonyl (C=O) groups excluding carboxylic acids is 1. The summed E-state index contributed by atoms with van der Waals surface area (Å²) in [6, 6.07) is 5.86. The highest BCUT2D eigenvalue weighted by molar-refractivity contribution is 7.90. The maximum absolute atomic E-state index is 12.7. The predicted octanol–water partition coefficient (Wildman–Crippen LogP) is 2.06. The van der Waals surface area contributed by atoms with E-state index < -0.39 is 15.7 Å². The van der Waals surface area contributed by atoms with Crippen molar-refractivity contribution < 1.29 is 13.2 Å². The Bertz CT molecular complexity index is 1110. The van der Waals surface area contributed by atoms with Gasteiger partial charge in [-0.1, -0.05) is 23.5 Å². The average molecular weight is 376 g/mol. The highest BCUT2D eigenvalue weighted by atomic mass is 32.2. The van der Waals surface area contributed by atoms with Gasteiger partial charge in [0.1, 0.15) is 0 Å². The minimum absolute atomic E-state index is 0.0950. The third-order valence-corrected chi connectivity index (χ3v) is 6.84. The number of nitrogens with zero attached hydrogens (tertiary/aromatic N) is 3. The van der Waals surface area contributed by atoms with Crippen molar-refractivity contribution in [3.63, 3.8) is 0 Å². The summed E-state index contributed by atoms with van der Waals surface area (Å²) in [7, 11) is -1.45. The van der Waals surface area contributed by atoms with Crippen LogP contribution in [-0.2, 0) is 29.1 Å². The van der Waals surface area contributed by atoms with Crippen LogP contribution in [-0.4, -0.2) is 34.8 Å². The fourth-order valence-corrected chi connectivity index (χ4v) is 5.42. The molecule has 0 bridgehead atoms. The highest BCUT2D eigenvalue weighted by Crippen LogP contribution is 2.29. The van der Waals surface area contributed by atoms with Crippen molar-refractivity contribution in [1.82, 2.24) is 14.8 Å². The number of hydrogen-bond acceptors (Lipinski definition) is 6. The standard InChI is InChI=1S/C16H16N4O3S2/c1-9-4-3-5-12-13(9)17-16(24-12)18-15(21)14-10-8-25(22,23)7-6-11(10)20(2)19-14/h3-5H,6-8H2,1-2H3,(H,17,18,21). The normalized spacial score (nSPS) is 15.9. The largest absolute Gasteiger partial charge is 0.296 e. The van der Waals surface area contributed by atoms with E-state index in [2.05, 4.69) is 15.4 Å². The maximum Gasteiger partial charge on any atom is 0.278 e. The van der Waals surface area contributed by atoms with Crippen LogP contribution in [0.2, 0.25) is 0 Å². The second kappa shape index (κ2) is 5.63. The van der Waals surface area contributed by atoms with Crippen LogP contribution < -0.4 is 5.32 Å². The third-order valence-electron chi connectivity index (χ3n) is 4.35. The van der Waals surface area contributed by atoms with Gasteiger partial charge in [0.15, 0.2) is 20.7 Å². The van der Waals surface area contributed by atoms with Crippen molar-refractivity contribution in [2.45, 2.75) is 19.1 Å². The van der Waals surface area contributed by atoms with Gasteiger partial charge in [-0.15, -0.1) is 0 Å². The van der Waals surface area contributed by atoms with Crippen LogP contribution in [0.3, 0.4) is 0 Å². The quantitative estimate of drug-likeness (QED) is 0.739. The molecule has 0 saturated heterocycles. The molecule has 9 heteroatoms. The number of sulfone groups is 1. The van der Waals surface area contributed by atoms with Gasteiger partial charge in [-0.2, -0.15) is 5.10 Å². The van der Waals surface area contributed by atoms with E-state index in [1.54, 1.807) is 11.7 Å². The minimum atomic E-state index is -3.18. The number of nitrogens with one attached hydrogen (secondary N) is 1. The molecule has 130 valence electrons. The molecule has 1 amide bonds. The van der Waals surface area contributed by atoms with Crippen LogP contribution in [0.15, 0.2) is 18.2 Å². The first kappa shape index (κ1) is 16.2. The SMILES string of the molecule is Cc1cccc2sc(NC(=O)c3nn(C)c4c3CS(=O)(=O)CC4)nc12. The Balaban J connectivity index is 1.68. The number of aromatic nitrogens is 3. The molecule has 1 aromatic carbocycles. The summed E-state index contributed by atoms with van der Waals surface area (Å²) in [5, 5.41) is 7.48. The van der Waals surface area contributed by atoms with E-state index in [4.69, 9.17) is 0 Å². The lowest BCUT2D eigenvalue weighted by Gasteiger charge is -2.13. The van der Waals surface area contributed by atoms with Crippen molar-refractivity contribution in [1.29, 1.82) is 0 Å². The Morgan fingerprint density at radius 2 is 2.16 bits per heavy atom. The van der Waals surface area contributed by atoms with Gasteiger partial charge < -0.3 is 0 Å². The molecule has 0 atom stereocenters. The molecule has 2 aromatic heterocycles. The number of rotatable bonds is 2. The van der Waals surface area contributed by atoms with Crippen LogP contribution >= 0.6 is 11.3 Å². The first-order valence-electron chi connectivity index (χ1n) is 7.77. The molecule has 25 heavy (non-hydrogen) atoms. The summed E-state index contributed by atoms with van der Waals surface area (Å²) >= 11 is 1.38. The molecule has 3 heterocycles. The number of fused-ring (bicyclic) bond motifs is 2. The highest BCUT2D eigenvalue weighted by Gasteiger charge is 2.30. The molecule has 0 unspecified atom stereocenters. The molecule has 0 radical (unpaired) electrons. The third kappa shape index (κ3) is 2.83. The fourth-order valence-electron chi connectivity index (χ4n) is 3.09. The first-order valence-corrected chi connectivity index (χ1v) is 10.4. The molecule has 7 nitrogen and oxygen atoms in total. The van der Waals surface area contributed by atoms with Gasteiger partial charge in [-0.25, -0.2) is 13.4 Å². The van der Waals surface area contributed by atoms with E-state index in [1.165, 1.54) is 11.3 Å². The molecule has 0 saturated carbocycles. The van der Waals surface area contributed by atoms with Crippen molar-refractivity contribution >= 4 is 42.4 Å². The summed E-state index contributed by atoms with van der Waals surface area (Å²) < 4.78 is 26.4. The van der Waals surface area contributed by atoms with E-state index in [0.29, 0.717) is 17.1 Å². The number of carbonyl (C=O) groups is 1.